The van der Waals surface area contributed by atoms with Crippen molar-refractivity contribution in [2.75, 3.05) is 18.1 Å². The van der Waals surface area contributed by atoms with Crippen LogP contribution in [0, 0.1) is 0 Å². The van der Waals surface area contributed by atoms with Gasteiger partial charge in [0.2, 0.25) is 0 Å². The number of rotatable bonds is 4. The van der Waals surface area contributed by atoms with Crippen molar-refractivity contribution in [2.45, 2.75) is 17.7 Å². The van der Waals surface area contributed by atoms with Crippen LogP contribution in [0.2, 0.25) is 0 Å². The number of aryl methyl sites for hydroxylation is 2. The molecule has 3 aromatic carbocycles. The number of ether oxygens (including phenoxy) is 1. The number of sulfonamides is 1. The highest BCUT2D eigenvalue weighted by molar-refractivity contribution is 7.90. The molecule has 0 saturated heterocycles. The van der Waals surface area contributed by atoms with Crippen LogP contribution in [0.25, 0.3) is 0 Å². The van der Waals surface area contributed by atoms with E-state index in [1.54, 1.807) is 6.07 Å². The van der Waals surface area contributed by atoms with E-state index in [-0.39, 0.29) is 10.5 Å². The first-order chi connectivity index (χ1) is 16.4. The van der Waals surface area contributed by atoms with Crippen LogP contribution >= 0.6 is 0 Å². The number of esters is 1. The van der Waals surface area contributed by atoms with Gasteiger partial charge in [0.05, 0.1) is 16.9 Å². The highest BCUT2D eigenvalue weighted by Gasteiger charge is 2.42. The van der Waals surface area contributed by atoms with E-state index in [1.165, 1.54) is 23.1 Å². The van der Waals surface area contributed by atoms with Crippen LogP contribution in [-0.4, -0.2) is 43.7 Å². The molecule has 0 unspecified atom stereocenters. The fourth-order valence-corrected chi connectivity index (χ4v) is 5.82. The van der Waals surface area contributed by atoms with Crippen molar-refractivity contribution in [3.8, 4) is 0 Å². The third kappa shape index (κ3) is 3.63. The highest BCUT2D eigenvalue weighted by Crippen LogP contribution is 2.36. The number of anilines is 2. The summed E-state index contributed by atoms with van der Waals surface area (Å²) in [4.78, 5) is 39.6. The summed E-state index contributed by atoms with van der Waals surface area (Å²) in [6.07, 6.45) is 1.51. The second-order valence-corrected chi connectivity index (χ2v) is 9.79. The lowest BCUT2D eigenvalue weighted by molar-refractivity contribution is -0.147. The summed E-state index contributed by atoms with van der Waals surface area (Å²) >= 11 is 0. The molecule has 0 atom stereocenters. The maximum absolute atomic E-state index is 13.2. The van der Waals surface area contributed by atoms with Crippen molar-refractivity contribution in [3.05, 3.63) is 89.5 Å². The molecule has 2 aliphatic rings. The summed E-state index contributed by atoms with van der Waals surface area (Å²) in [5.74, 6) is -2.27. The highest BCUT2D eigenvalue weighted by atomic mass is 32.2. The van der Waals surface area contributed by atoms with E-state index in [2.05, 4.69) is 0 Å². The van der Waals surface area contributed by atoms with Crippen LogP contribution in [0.5, 0.6) is 0 Å². The zero-order valence-electron chi connectivity index (χ0n) is 18.0. The van der Waals surface area contributed by atoms with Crippen LogP contribution in [0.15, 0.2) is 77.7 Å². The number of carbonyl (C=O) groups excluding carboxylic acids is 3. The number of carbonyl (C=O) groups is 3. The van der Waals surface area contributed by atoms with Gasteiger partial charge in [-0.3, -0.25) is 19.3 Å². The fourth-order valence-electron chi connectivity index (χ4n) is 4.31. The predicted molar refractivity (Wildman–Crippen MR) is 123 cm³/mol. The van der Waals surface area contributed by atoms with Gasteiger partial charge in [-0.2, -0.15) is 0 Å². The Bertz CT molecular complexity index is 1390. The summed E-state index contributed by atoms with van der Waals surface area (Å²) < 4.78 is 30.9. The molecular weight excluding hydrogens is 456 g/mol. The molecule has 0 N–H and O–H groups in total. The molecule has 0 bridgehead atoms. The Morgan fingerprint density at radius 2 is 1.38 bits per heavy atom. The van der Waals surface area contributed by atoms with Crippen LogP contribution in [-0.2, 0) is 37.2 Å². The number of fused-ring (bicyclic) bond motifs is 3. The van der Waals surface area contributed by atoms with Gasteiger partial charge in [0.15, 0.2) is 6.61 Å². The van der Waals surface area contributed by atoms with Crippen molar-refractivity contribution < 1.29 is 27.5 Å². The molecule has 8 nitrogen and oxygen atoms in total. The topological polar surface area (TPSA) is 101 Å². The molecule has 0 spiro atoms. The second kappa shape index (κ2) is 8.42. The van der Waals surface area contributed by atoms with Crippen molar-refractivity contribution in [2.24, 2.45) is 0 Å². The molecular formula is C25H20N2O6S. The van der Waals surface area contributed by atoms with E-state index >= 15 is 0 Å². The second-order valence-electron chi connectivity index (χ2n) is 7.96. The van der Waals surface area contributed by atoms with Crippen LogP contribution < -0.4 is 4.90 Å². The zero-order chi connectivity index (χ0) is 23.9. The Balaban J connectivity index is 1.34. The van der Waals surface area contributed by atoms with E-state index in [1.807, 2.05) is 48.5 Å². The minimum absolute atomic E-state index is 0.00385. The van der Waals surface area contributed by atoms with Gasteiger partial charge in [-0.1, -0.05) is 48.5 Å². The van der Waals surface area contributed by atoms with E-state index in [0.29, 0.717) is 15.7 Å². The van der Waals surface area contributed by atoms with E-state index in [4.69, 9.17) is 4.74 Å². The Labute approximate surface area is 196 Å². The lowest BCUT2D eigenvalue weighted by Crippen LogP contribution is -2.37. The van der Waals surface area contributed by atoms with Gasteiger partial charge in [-0.25, -0.2) is 12.7 Å². The smallest absolute Gasteiger partial charge is 0.327 e. The molecule has 0 radical (unpaired) electrons. The quantitative estimate of drug-likeness (QED) is 0.537. The van der Waals surface area contributed by atoms with Crippen molar-refractivity contribution >= 4 is 39.2 Å². The summed E-state index contributed by atoms with van der Waals surface area (Å²) in [5.41, 5.74) is 3.40. The lowest BCUT2D eigenvalue weighted by Gasteiger charge is -2.25. The molecule has 9 heteroatoms. The largest absolute Gasteiger partial charge is 0.454 e. The number of hydrogen-bond acceptors (Lipinski definition) is 6. The maximum Gasteiger partial charge on any atom is 0.327 e. The predicted octanol–water partition coefficient (Wildman–Crippen LogP) is 2.84. The first-order valence-electron chi connectivity index (χ1n) is 10.7. The molecule has 34 heavy (non-hydrogen) atoms. The summed E-state index contributed by atoms with van der Waals surface area (Å²) in [5, 5.41) is 0. The molecule has 172 valence electrons. The maximum atomic E-state index is 13.2. The van der Waals surface area contributed by atoms with Crippen LogP contribution in [0.1, 0.15) is 21.5 Å². The van der Waals surface area contributed by atoms with Crippen LogP contribution in [0.3, 0.4) is 0 Å². The van der Waals surface area contributed by atoms with Crippen LogP contribution in [0.4, 0.5) is 11.4 Å². The molecule has 2 aliphatic heterocycles. The normalized spacial score (nSPS) is 15.7. The summed E-state index contributed by atoms with van der Waals surface area (Å²) in [6.45, 7) is -1.41. The zero-order valence-corrected chi connectivity index (χ0v) is 18.8. The standard InChI is InChI=1S/C25H20N2O6S/c28-23(27-20-10-4-1-7-17(20)13-14-18-8-2-5-11-21(18)27)16-33-24(29)15-26-25(30)19-9-3-6-12-22(19)34(26,31)32/h1-12H,13-16H2. The van der Waals surface area contributed by atoms with Gasteiger partial charge in [0.1, 0.15) is 11.4 Å². The van der Waals surface area contributed by atoms with Gasteiger partial charge >= 0.3 is 5.97 Å². The lowest BCUT2D eigenvalue weighted by atomic mass is 10.0. The molecule has 2 amide bonds. The third-order valence-electron chi connectivity index (χ3n) is 5.92. The van der Waals surface area contributed by atoms with Crippen molar-refractivity contribution in [1.82, 2.24) is 4.31 Å². The summed E-state index contributed by atoms with van der Waals surface area (Å²) in [7, 11) is -4.15. The van der Waals surface area contributed by atoms with Crippen molar-refractivity contribution in [3.63, 3.8) is 0 Å². The molecule has 0 aliphatic carbocycles. The third-order valence-corrected chi connectivity index (χ3v) is 7.71. The van der Waals surface area contributed by atoms with E-state index in [9.17, 15) is 22.8 Å². The molecule has 0 aromatic heterocycles. The number of hydrogen-bond donors (Lipinski definition) is 0. The molecule has 2 heterocycles. The fraction of sp³-hybridized carbons (Fsp3) is 0.160. The molecule has 0 fully saturated rings. The minimum Gasteiger partial charge on any atom is -0.454 e. The number of benzene rings is 3. The number of nitrogens with zero attached hydrogens (tertiary/aromatic N) is 2. The van der Waals surface area contributed by atoms with Gasteiger partial charge in [-0.05, 0) is 48.2 Å². The number of para-hydroxylation sites is 2. The van der Waals surface area contributed by atoms with E-state index in [0.717, 1.165) is 24.0 Å². The number of amides is 2. The monoisotopic (exact) mass is 476 g/mol. The Hall–Kier alpha value is -3.98. The van der Waals surface area contributed by atoms with Gasteiger partial charge in [0, 0.05) is 0 Å². The Kier molecular flexibility index (Phi) is 5.41. The Morgan fingerprint density at radius 1 is 0.824 bits per heavy atom. The Morgan fingerprint density at radius 3 is 2.00 bits per heavy atom. The summed E-state index contributed by atoms with van der Waals surface area (Å²) in [6, 6.07) is 20.8. The first-order valence-corrected chi connectivity index (χ1v) is 12.1. The van der Waals surface area contributed by atoms with E-state index < -0.39 is 41.0 Å². The SMILES string of the molecule is O=C(CN1C(=O)c2ccccc2S1(=O)=O)OCC(=O)N1c2ccccc2CCc2ccccc21. The average molecular weight is 477 g/mol. The van der Waals surface area contributed by atoms with Crippen molar-refractivity contribution in [1.29, 1.82) is 0 Å². The molecule has 0 saturated carbocycles. The van der Waals surface area contributed by atoms with Gasteiger partial charge in [0.25, 0.3) is 21.8 Å². The first kappa shape index (κ1) is 21.8. The minimum atomic E-state index is -4.15. The molecule has 5 rings (SSSR count). The molecule has 3 aromatic rings. The average Bonchev–Trinajstić information content (AvgIpc) is 2.96. The van der Waals surface area contributed by atoms with Gasteiger partial charge < -0.3 is 4.74 Å². The van der Waals surface area contributed by atoms with Gasteiger partial charge in [-0.15, -0.1) is 0 Å².